The van der Waals surface area contributed by atoms with Crippen LogP contribution in [-0.4, -0.2) is 56.9 Å². The van der Waals surface area contributed by atoms with E-state index in [1.807, 2.05) is 4.90 Å². The molecule has 1 aliphatic rings. The van der Waals surface area contributed by atoms with Crippen molar-refractivity contribution in [3.05, 3.63) is 22.7 Å². The molecule has 0 aromatic heterocycles. The summed E-state index contributed by atoms with van der Waals surface area (Å²) in [6.07, 6.45) is 4.70. The standard InChI is InChI=1S/C20H31ClN2O4.ClH/c1-3-4-11-27-19-17(21)13-15(14-18(19)25-2)20(24)23-9-6-16(7-10-23)26-12-5-8-22;/h13-14,16H,3-12,22H2,1-2H3;1H. The fraction of sp³-hybridized carbons (Fsp3) is 0.650. The zero-order valence-corrected chi connectivity index (χ0v) is 18.3. The van der Waals surface area contributed by atoms with Gasteiger partial charge in [0.2, 0.25) is 0 Å². The summed E-state index contributed by atoms with van der Waals surface area (Å²) in [6.45, 7) is 5.31. The molecule has 0 bridgehead atoms. The van der Waals surface area contributed by atoms with Crippen molar-refractivity contribution >= 4 is 29.9 Å². The monoisotopic (exact) mass is 434 g/mol. The minimum Gasteiger partial charge on any atom is -0.493 e. The Kier molecular flexibility index (Phi) is 11.6. The maximum atomic E-state index is 12.9. The average Bonchev–Trinajstić information content (AvgIpc) is 2.69. The fourth-order valence-corrected chi connectivity index (χ4v) is 3.31. The zero-order chi connectivity index (χ0) is 19.6. The number of hydrogen-bond acceptors (Lipinski definition) is 5. The maximum Gasteiger partial charge on any atom is 0.254 e. The van der Waals surface area contributed by atoms with Gasteiger partial charge in [-0.3, -0.25) is 4.79 Å². The summed E-state index contributed by atoms with van der Waals surface area (Å²) < 4.78 is 16.9. The van der Waals surface area contributed by atoms with Crippen LogP contribution in [0.1, 0.15) is 49.4 Å². The van der Waals surface area contributed by atoms with E-state index in [0.29, 0.717) is 54.9 Å². The normalized spacial score (nSPS) is 14.5. The molecular weight excluding hydrogens is 403 g/mol. The molecule has 28 heavy (non-hydrogen) atoms. The Hall–Kier alpha value is -1.21. The minimum absolute atomic E-state index is 0. The van der Waals surface area contributed by atoms with Gasteiger partial charge in [-0.1, -0.05) is 24.9 Å². The van der Waals surface area contributed by atoms with Crippen molar-refractivity contribution in [2.45, 2.75) is 45.1 Å². The molecule has 1 amide bonds. The van der Waals surface area contributed by atoms with Crippen molar-refractivity contribution in [2.75, 3.05) is 40.0 Å². The molecule has 1 saturated heterocycles. The first kappa shape index (κ1) is 24.8. The Morgan fingerprint density at radius 3 is 2.57 bits per heavy atom. The molecule has 160 valence electrons. The second kappa shape index (κ2) is 13.1. The number of nitrogens with two attached hydrogens (primary N) is 1. The van der Waals surface area contributed by atoms with Crippen molar-refractivity contribution in [1.29, 1.82) is 0 Å². The van der Waals surface area contributed by atoms with Crippen LogP contribution in [0.25, 0.3) is 0 Å². The van der Waals surface area contributed by atoms with E-state index < -0.39 is 0 Å². The number of ether oxygens (including phenoxy) is 3. The van der Waals surface area contributed by atoms with Crippen molar-refractivity contribution in [1.82, 2.24) is 4.90 Å². The lowest BCUT2D eigenvalue weighted by Crippen LogP contribution is -2.41. The molecule has 0 spiro atoms. The van der Waals surface area contributed by atoms with Gasteiger partial charge in [-0.15, -0.1) is 12.4 Å². The number of nitrogens with zero attached hydrogens (tertiary/aromatic N) is 1. The van der Waals surface area contributed by atoms with Gasteiger partial charge in [-0.05, 0) is 44.4 Å². The van der Waals surface area contributed by atoms with Crippen molar-refractivity contribution in [2.24, 2.45) is 5.73 Å². The smallest absolute Gasteiger partial charge is 0.254 e. The highest BCUT2D eigenvalue weighted by molar-refractivity contribution is 6.32. The second-order valence-corrected chi connectivity index (χ2v) is 7.10. The summed E-state index contributed by atoms with van der Waals surface area (Å²) in [7, 11) is 1.55. The number of carbonyl (C=O) groups is 1. The van der Waals surface area contributed by atoms with Gasteiger partial charge in [0.15, 0.2) is 11.5 Å². The molecule has 8 heteroatoms. The summed E-state index contributed by atoms with van der Waals surface area (Å²) in [6, 6.07) is 3.37. The third-order valence-electron chi connectivity index (χ3n) is 4.65. The van der Waals surface area contributed by atoms with E-state index in [-0.39, 0.29) is 24.4 Å². The largest absolute Gasteiger partial charge is 0.493 e. The average molecular weight is 435 g/mol. The number of amides is 1. The van der Waals surface area contributed by atoms with Crippen LogP contribution in [0.5, 0.6) is 11.5 Å². The van der Waals surface area contributed by atoms with Gasteiger partial charge >= 0.3 is 0 Å². The van der Waals surface area contributed by atoms with Gasteiger partial charge in [0.1, 0.15) is 0 Å². The van der Waals surface area contributed by atoms with Gasteiger partial charge in [-0.2, -0.15) is 0 Å². The zero-order valence-electron chi connectivity index (χ0n) is 16.7. The van der Waals surface area contributed by atoms with Crippen LogP contribution in [0, 0.1) is 0 Å². The van der Waals surface area contributed by atoms with E-state index >= 15 is 0 Å². The molecule has 2 N–H and O–H groups in total. The third kappa shape index (κ3) is 6.99. The summed E-state index contributed by atoms with van der Waals surface area (Å²) in [5.74, 6) is 0.939. The molecule has 1 heterocycles. The molecule has 0 saturated carbocycles. The number of unbranched alkanes of at least 4 members (excludes halogenated alkanes) is 1. The lowest BCUT2D eigenvalue weighted by molar-refractivity contribution is 0.00844. The summed E-state index contributed by atoms with van der Waals surface area (Å²) in [5, 5.41) is 0.397. The number of benzene rings is 1. The van der Waals surface area contributed by atoms with Crippen LogP contribution in [-0.2, 0) is 4.74 Å². The van der Waals surface area contributed by atoms with E-state index in [4.69, 9.17) is 31.5 Å². The van der Waals surface area contributed by atoms with Gasteiger partial charge < -0.3 is 24.8 Å². The summed E-state index contributed by atoms with van der Waals surface area (Å²) in [4.78, 5) is 14.7. The Labute approximate surface area is 179 Å². The number of piperidine rings is 1. The van der Waals surface area contributed by atoms with Crippen molar-refractivity contribution in [3.63, 3.8) is 0 Å². The topological polar surface area (TPSA) is 74.0 Å². The number of likely N-dealkylation sites (tertiary alicyclic amines) is 1. The number of halogens is 2. The van der Waals surface area contributed by atoms with Gasteiger partial charge in [0, 0.05) is 25.3 Å². The van der Waals surface area contributed by atoms with Crippen LogP contribution >= 0.6 is 24.0 Å². The first-order valence-electron chi connectivity index (χ1n) is 9.72. The van der Waals surface area contributed by atoms with Gasteiger partial charge in [-0.25, -0.2) is 0 Å². The Morgan fingerprint density at radius 2 is 1.96 bits per heavy atom. The molecule has 1 aromatic rings. The van der Waals surface area contributed by atoms with Crippen molar-refractivity contribution < 1.29 is 19.0 Å². The van der Waals surface area contributed by atoms with E-state index in [9.17, 15) is 4.79 Å². The molecule has 1 fully saturated rings. The number of methoxy groups -OCH3 is 1. The first-order chi connectivity index (χ1) is 13.1. The molecule has 0 radical (unpaired) electrons. The Balaban J connectivity index is 0.00000392. The van der Waals surface area contributed by atoms with E-state index in [2.05, 4.69) is 6.92 Å². The van der Waals surface area contributed by atoms with Crippen LogP contribution in [0.2, 0.25) is 5.02 Å². The molecule has 2 rings (SSSR count). The molecule has 0 aliphatic carbocycles. The minimum atomic E-state index is -0.0456. The van der Waals surface area contributed by atoms with E-state index in [1.54, 1.807) is 19.2 Å². The Bertz CT molecular complexity index is 608. The molecule has 1 aliphatic heterocycles. The number of rotatable bonds is 10. The Morgan fingerprint density at radius 1 is 1.25 bits per heavy atom. The lowest BCUT2D eigenvalue weighted by Gasteiger charge is -2.32. The van der Waals surface area contributed by atoms with Crippen LogP contribution in [0.4, 0.5) is 0 Å². The van der Waals surface area contributed by atoms with E-state index in [0.717, 1.165) is 32.1 Å². The fourth-order valence-electron chi connectivity index (χ4n) is 3.04. The van der Waals surface area contributed by atoms with Gasteiger partial charge in [0.05, 0.1) is 24.8 Å². The number of hydrogen-bond donors (Lipinski definition) is 1. The molecule has 6 nitrogen and oxygen atoms in total. The van der Waals surface area contributed by atoms with Gasteiger partial charge in [0.25, 0.3) is 5.91 Å². The predicted molar refractivity (Wildman–Crippen MR) is 114 cm³/mol. The summed E-state index contributed by atoms with van der Waals surface area (Å²) >= 11 is 6.36. The van der Waals surface area contributed by atoms with Crippen LogP contribution < -0.4 is 15.2 Å². The highest BCUT2D eigenvalue weighted by atomic mass is 35.5. The molecule has 1 aromatic carbocycles. The summed E-state index contributed by atoms with van der Waals surface area (Å²) in [5.41, 5.74) is 6.00. The molecule has 0 atom stereocenters. The van der Waals surface area contributed by atoms with Crippen molar-refractivity contribution in [3.8, 4) is 11.5 Å². The lowest BCUT2D eigenvalue weighted by atomic mass is 10.1. The molecular formula is C20H32Cl2N2O4. The highest BCUT2D eigenvalue weighted by Gasteiger charge is 2.25. The quantitative estimate of drug-likeness (QED) is 0.564. The highest BCUT2D eigenvalue weighted by Crippen LogP contribution is 2.37. The predicted octanol–water partition coefficient (Wildman–Crippen LogP) is 3.92. The second-order valence-electron chi connectivity index (χ2n) is 6.70. The van der Waals surface area contributed by atoms with Crippen LogP contribution in [0.3, 0.4) is 0 Å². The van der Waals surface area contributed by atoms with Crippen LogP contribution in [0.15, 0.2) is 12.1 Å². The maximum absolute atomic E-state index is 12.9. The SMILES string of the molecule is CCCCOc1c(Cl)cc(C(=O)N2CCC(OCCCN)CC2)cc1OC.Cl. The third-order valence-corrected chi connectivity index (χ3v) is 4.93. The molecule has 0 unspecified atom stereocenters. The number of carbonyl (C=O) groups excluding carboxylic acids is 1. The van der Waals surface area contributed by atoms with E-state index in [1.165, 1.54) is 0 Å². The first-order valence-corrected chi connectivity index (χ1v) is 10.1.